The number of aromatic nitrogens is 2. The van der Waals surface area contributed by atoms with Crippen LogP contribution in [-0.2, 0) is 0 Å². The standard InChI is InChI=1S/C14H17N3O.ClH/c1-10-4-6-11(7-5-10)13-16-14(18-17-13)12-3-2-8-15-9-12;/h4-7,12,15H,2-3,8-9H2,1H3;1H/t12-;/m0./s1. The van der Waals surface area contributed by atoms with Crippen molar-refractivity contribution in [2.75, 3.05) is 13.1 Å². The first-order valence-corrected chi connectivity index (χ1v) is 6.44. The van der Waals surface area contributed by atoms with Crippen LogP contribution in [0, 0.1) is 6.92 Å². The molecule has 1 saturated heterocycles. The molecule has 4 nitrogen and oxygen atoms in total. The van der Waals surface area contributed by atoms with Gasteiger partial charge in [0.15, 0.2) is 0 Å². The molecule has 0 amide bonds. The van der Waals surface area contributed by atoms with E-state index in [0.717, 1.165) is 31.0 Å². The van der Waals surface area contributed by atoms with Gasteiger partial charge in [-0.25, -0.2) is 0 Å². The molecule has 2 aromatic rings. The lowest BCUT2D eigenvalue weighted by molar-refractivity contribution is 0.322. The van der Waals surface area contributed by atoms with Crippen molar-refractivity contribution in [1.82, 2.24) is 15.5 Å². The molecule has 0 saturated carbocycles. The highest BCUT2D eigenvalue weighted by atomic mass is 35.5. The molecule has 0 radical (unpaired) electrons. The minimum Gasteiger partial charge on any atom is -0.339 e. The lowest BCUT2D eigenvalue weighted by atomic mass is 10.00. The summed E-state index contributed by atoms with van der Waals surface area (Å²) >= 11 is 0. The Morgan fingerprint density at radius 2 is 2.05 bits per heavy atom. The lowest BCUT2D eigenvalue weighted by Gasteiger charge is -2.18. The molecule has 3 rings (SSSR count). The highest BCUT2D eigenvalue weighted by Crippen LogP contribution is 2.24. The van der Waals surface area contributed by atoms with E-state index in [1.165, 1.54) is 12.0 Å². The topological polar surface area (TPSA) is 51.0 Å². The molecule has 1 aromatic carbocycles. The van der Waals surface area contributed by atoms with Crippen molar-refractivity contribution < 1.29 is 4.52 Å². The van der Waals surface area contributed by atoms with Crippen LogP contribution in [0.15, 0.2) is 28.8 Å². The van der Waals surface area contributed by atoms with E-state index in [-0.39, 0.29) is 12.4 Å². The molecule has 1 atom stereocenters. The Kier molecular flexibility index (Phi) is 4.56. The molecule has 1 aromatic heterocycles. The van der Waals surface area contributed by atoms with E-state index in [9.17, 15) is 0 Å². The highest BCUT2D eigenvalue weighted by Gasteiger charge is 2.21. The number of halogens is 1. The van der Waals surface area contributed by atoms with Crippen LogP contribution in [0.1, 0.15) is 30.2 Å². The molecule has 5 heteroatoms. The van der Waals surface area contributed by atoms with Crippen molar-refractivity contribution in [2.45, 2.75) is 25.7 Å². The van der Waals surface area contributed by atoms with Gasteiger partial charge in [-0.1, -0.05) is 35.0 Å². The molecular formula is C14H18ClN3O. The Hall–Kier alpha value is -1.39. The fourth-order valence-corrected chi connectivity index (χ4v) is 2.28. The summed E-state index contributed by atoms with van der Waals surface area (Å²) in [6, 6.07) is 8.19. The molecule has 0 aliphatic carbocycles. The fraction of sp³-hybridized carbons (Fsp3) is 0.429. The summed E-state index contributed by atoms with van der Waals surface area (Å²) in [6.07, 6.45) is 2.30. The van der Waals surface area contributed by atoms with Crippen LogP contribution in [-0.4, -0.2) is 23.2 Å². The van der Waals surface area contributed by atoms with Crippen LogP contribution in [0.4, 0.5) is 0 Å². The Bertz CT molecular complexity index is 518. The van der Waals surface area contributed by atoms with Crippen molar-refractivity contribution in [3.8, 4) is 11.4 Å². The van der Waals surface area contributed by atoms with E-state index in [1.807, 2.05) is 12.1 Å². The minimum atomic E-state index is 0. The van der Waals surface area contributed by atoms with Gasteiger partial charge in [-0.15, -0.1) is 12.4 Å². The van der Waals surface area contributed by atoms with Crippen molar-refractivity contribution >= 4 is 12.4 Å². The number of nitrogens with one attached hydrogen (secondary N) is 1. The van der Waals surface area contributed by atoms with E-state index >= 15 is 0 Å². The van der Waals surface area contributed by atoms with Gasteiger partial charge < -0.3 is 9.84 Å². The summed E-state index contributed by atoms with van der Waals surface area (Å²) in [5.41, 5.74) is 2.25. The molecule has 1 aliphatic heterocycles. The number of rotatable bonds is 2. The molecule has 0 unspecified atom stereocenters. The Balaban J connectivity index is 0.00000133. The van der Waals surface area contributed by atoms with Gasteiger partial charge in [0.2, 0.25) is 11.7 Å². The smallest absolute Gasteiger partial charge is 0.231 e. The van der Waals surface area contributed by atoms with Gasteiger partial charge in [-0.3, -0.25) is 0 Å². The predicted octanol–water partition coefficient (Wildman–Crippen LogP) is 2.93. The average Bonchev–Trinajstić information content (AvgIpc) is 2.90. The van der Waals surface area contributed by atoms with Crippen LogP contribution in [0.25, 0.3) is 11.4 Å². The summed E-state index contributed by atoms with van der Waals surface area (Å²) in [6.45, 7) is 4.10. The van der Waals surface area contributed by atoms with Gasteiger partial charge in [0.1, 0.15) is 0 Å². The van der Waals surface area contributed by atoms with Gasteiger partial charge in [0.05, 0.1) is 5.92 Å². The summed E-state index contributed by atoms with van der Waals surface area (Å²) in [4.78, 5) is 4.52. The second-order valence-electron chi connectivity index (χ2n) is 4.87. The minimum absolute atomic E-state index is 0. The maximum Gasteiger partial charge on any atom is 0.231 e. The van der Waals surface area contributed by atoms with Crippen LogP contribution < -0.4 is 5.32 Å². The maximum atomic E-state index is 5.39. The predicted molar refractivity (Wildman–Crippen MR) is 76.6 cm³/mol. The fourth-order valence-electron chi connectivity index (χ4n) is 2.28. The quantitative estimate of drug-likeness (QED) is 0.918. The Labute approximate surface area is 119 Å². The third kappa shape index (κ3) is 3.14. The zero-order chi connectivity index (χ0) is 12.4. The number of hydrogen-bond acceptors (Lipinski definition) is 4. The van der Waals surface area contributed by atoms with E-state index in [0.29, 0.717) is 11.7 Å². The highest BCUT2D eigenvalue weighted by molar-refractivity contribution is 5.85. The van der Waals surface area contributed by atoms with Gasteiger partial charge in [0, 0.05) is 12.1 Å². The van der Waals surface area contributed by atoms with Gasteiger partial charge >= 0.3 is 0 Å². The SMILES string of the molecule is Cc1ccc(-c2noc([C@H]3CCCNC3)n2)cc1.Cl. The first kappa shape index (κ1) is 14.0. The van der Waals surface area contributed by atoms with E-state index in [4.69, 9.17) is 4.52 Å². The molecule has 1 N–H and O–H groups in total. The van der Waals surface area contributed by atoms with E-state index < -0.39 is 0 Å². The van der Waals surface area contributed by atoms with Crippen LogP contribution >= 0.6 is 12.4 Å². The molecular weight excluding hydrogens is 262 g/mol. The Morgan fingerprint density at radius 3 is 2.74 bits per heavy atom. The van der Waals surface area contributed by atoms with Gasteiger partial charge in [0.25, 0.3) is 0 Å². The van der Waals surface area contributed by atoms with Crippen molar-refractivity contribution in [1.29, 1.82) is 0 Å². The van der Waals surface area contributed by atoms with E-state index in [1.54, 1.807) is 0 Å². The molecule has 102 valence electrons. The molecule has 0 spiro atoms. The molecule has 1 fully saturated rings. The van der Waals surface area contributed by atoms with Crippen molar-refractivity contribution in [2.24, 2.45) is 0 Å². The average molecular weight is 280 g/mol. The van der Waals surface area contributed by atoms with Crippen molar-refractivity contribution in [3.63, 3.8) is 0 Å². The summed E-state index contributed by atoms with van der Waals surface area (Å²) in [5.74, 6) is 1.82. The summed E-state index contributed by atoms with van der Waals surface area (Å²) in [7, 11) is 0. The van der Waals surface area contributed by atoms with Crippen molar-refractivity contribution in [3.05, 3.63) is 35.7 Å². The number of hydrogen-bond donors (Lipinski definition) is 1. The second-order valence-corrected chi connectivity index (χ2v) is 4.87. The number of nitrogens with zero attached hydrogens (tertiary/aromatic N) is 2. The van der Waals surface area contributed by atoms with E-state index in [2.05, 4.69) is 34.5 Å². The summed E-state index contributed by atoms with van der Waals surface area (Å²) in [5, 5.41) is 7.44. The van der Waals surface area contributed by atoms with Gasteiger partial charge in [-0.2, -0.15) is 4.98 Å². The molecule has 1 aliphatic rings. The normalized spacial score (nSPS) is 18.9. The second kappa shape index (κ2) is 6.17. The monoisotopic (exact) mass is 279 g/mol. The lowest BCUT2D eigenvalue weighted by Crippen LogP contribution is -2.28. The van der Waals surface area contributed by atoms with Crippen LogP contribution in [0.5, 0.6) is 0 Å². The molecule has 2 heterocycles. The zero-order valence-corrected chi connectivity index (χ0v) is 11.7. The third-order valence-corrected chi connectivity index (χ3v) is 3.40. The first-order valence-electron chi connectivity index (χ1n) is 6.44. The summed E-state index contributed by atoms with van der Waals surface area (Å²) < 4.78 is 5.39. The number of aryl methyl sites for hydroxylation is 1. The maximum absolute atomic E-state index is 5.39. The van der Waals surface area contributed by atoms with Gasteiger partial charge in [-0.05, 0) is 26.3 Å². The molecule has 19 heavy (non-hydrogen) atoms. The largest absolute Gasteiger partial charge is 0.339 e. The zero-order valence-electron chi connectivity index (χ0n) is 10.9. The Morgan fingerprint density at radius 1 is 1.26 bits per heavy atom. The van der Waals surface area contributed by atoms with Crippen LogP contribution in [0.3, 0.4) is 0 Å². The number of piperidine rings is 1. The van der Waals surface area contributed by atoms with Crippen LogP contribution in [0.2, 0.25) is 0 Å². The first-order chi connectivity index (χ1) is 8.83. The number of benzene rings is 1. The molecule has 0 bridgehead atoms. The third-order valence-electron chi connectivity index (χ3n) is 3.40.